The molecule has 0 aliphatic rings. The first kappa shape index (κ1) is 33.6. The zero-order valence-electron chi connectivity index (χ0n) is 25.8. The number of hydrogen-bond donors (Lipinski definition) is 0. The van der Waals surface area contributed by atoms with Gasteiger partial charge in [-0.25, -0.2) is 0 Å². The molecule has 0 aliphatic carbocycles. The molecule has 3 aromatic carbocycles. The molecule has 4 rings (SSSR count). The van der Waals surface area contributed by atoms with Crippen LogP contribution < -0.4 is 15.9 Å². The summed E-state index contributed by atoms with van der Waals surface area (Å²) in [6.07, 6.45) is 23.4. The molecule has 0 fully saturated rings. The number of fused-ring (bicyclic) bond motifs is 3. The average molecular weight is 645 g/mol. The second-order valence-corrected chi connectivity index (χ2v) is 16.7. The molecule has 0 amide bonds. The SMILES string of the molecule is C=C/C=C\C(=C/C)P(=O)(/C(C=C)=C/C=C\C)c1ccc2sc3ccc(P(=O)(C(/C=C\C=C)=C/C=C)c4ccccc4)cc3c2c1. The van der Waals surface area contributed by atoms with Gasteiger partial charge in [0.2, 0.25) is 0 Å². The van der Waals surface area contributed by atoms with Gasteiger partial charge in [-0.2, -0.15) is 0 Å². The molecule has 45 heavy (non-hydrogen) atoms. The topological polar surface area (TPSA) is 34.1 Å². The lowest BCUT2D eigenvalue weighted by atomic mass is 10.1. The standard InChI is InChI=1S/C40H38O2P2S/c1-7-13-20-31(11-5)43(41,32(12-6)21-14-8-2)35-25-27-39-37(29-35)38-30-36(26-28-40(38)45-39)44(42,34-23-17-16-18-24-34)33(19-10-4)22-15-9-3/h7-30H,1,3-4,6H2,2,5H3/b14-8-,20-13-,22-15-,31-11+,32-21+,33-19+. The van der Waals surface area contributed by atoms with Crippen molar-refractivity contribution in [2.45, 2.75) is 13.8 Å². The van der Waals surface area contributed by atoms with Gasteiger partial charge < -0.3 is 9.13 Å². The van der Waals surface area contributed by atoms with Crippen LogP contribution in [0.4, 0.5) is 0 Å². The van der Waals surface area contributed by atoms with E-state index < -0.39 is 14.3 Å². The molecular formula is C40H38O2P2S. The number of hydrogen-bond acceptors (Lipinski definition) is 3. The highest BCUT2D eigenvalue weighted by atomic mass is 32.1. The highest BCUT2D eigenvalue weighted by molar-refractivity contribution is 7.82. The fourth-order valence-electron chi connectivity index (χ4n) is 5.28. The second-order valence-electron chi connectivity index (χ2n) is 10.1. The van der Waals surface area contributed by atoms with Crippen LogP contribution in [0.2, 0.25) is 0 Å². The Morgan fingerprint density at radius 1 is 0.644 bits per heavy atom. The van der Waals surface area contributed by atoms with Gasteiger partial charge >= 0.3 is 0 Å². The number of thiophene rings is 1. The maximum atomic E-state index is 15.3. The van der Waals surface area contributed by atoms with E-state index >= 15 is 9.13 Å². The minimum atomic E-state index is -3.31. The largest absolute Gasteiger partial charge is 0.309 e. The van der Waals surface area contributed by atoms with Crippen LogP contribution in [0.15, 0.2) is 188 Å². The van der Waals surface area contributed by atoms with Crippen LogP contribution in [0.25, 0.3) is 20.2 Å². The molecule has 0 saturated heterocycles. The van der Waals surface area contributed by atoms with Crippen LogP contribution in [0, 0.1) is 0 Å². The fourth-order valence-corrected chi connectivity index (χ4v) is 11.7. The Labute approximate surface area is 271 Å². The second kappa shape index (κ2) is 15.2. The monoisotopic (exact) mass is 644 g/mol. The summed E-state index contributed by atoms with van der Waals surface area (Å²) in [5.74, 6) is 0. The molecule has 2 nitrogen and oxygen atoms in total. The predicted molar refractivity (Wildman–Crippen MR) is 204 cm³/mol. The van der Waals surface area contributed by atoms with Crippen molar-refractivity contribution in [1.82, 2.24) is 0 Å². The van der Waals surface area contributed by atoms with E-state index in [1.807, 2.05) is 117 Å². The number of benzene rings is 3. The van der Waals surface area contributed by atoms with Gasteiger partial charge in [0, 0.05) is 52.0 Å². The van der Waals surface area contributed by atoms with Gasteiger partial charge in [0.1, 0.15) is 0 Å². The molecule has 1 heterocycles. The summed E-state index contributed by atoms with van der Waals surface area (Å²) in [4.78, 5) is 0. The minimum Gasteiger partial charge on any atom is -0.309 e. The highest BCUT2D eigenvalue weighted by Gasteiger charge is 2.33. The average Bonchev–Trinajstić information content (AvgIpc) is 3.44. The molecular weight excluding hydrogens is 606 g/mol. The van der Waals surface area contributed by atoms with Crippen LogP contribution in [0.3, 0.4) is 0 Å². The molecule has 0 saturated carbocycles. The van der Waals surface area contributed by atoms with Crippen LogP contribution >= 0.6 is 25.6 Å². The maximum absolute atomic E-state index is 15.3. The summed E-state index contributed by atoms with van der Waals surface area (Å²) >= 11 is 1.66. The van der Waals surface area contributed by atoms with E-state index in [0.29, 0.717) is 26.6 Å². The fraction of sp³-hybridized carbons (Fsp3) is 0.0500. The molecule has 2 atom stereocenters. The molecule has 0 N–H and O–H groups in total. The van der Waals surface area contributed by atoms with Crippen molar-refractivity contribution in [3.05, 3.63) is 188 Å². The first-order valence-corrected chi connectivity index (χ1v) is 18.8. The van der Waals surface area contributed by atoms with Crippen molar-refractivity contribution in [2.75, 3.05) is 0 Å². The molecule has 4 aromatic rings. The normalized spacial score (nSPS) is 15.9. The zero-order valence-corrected chi connectivity index (χ0v) is 28.4. The lowest BCUT2D eigenvalue weighted by molar-refractivity contribution is 0.589. The van der Waals surface area contributed by atoms with Gasteiger partial charge in [-0.15, -0.1) is 11.3 Å². The van der Waals surface area contributed by atoms with E-state index in [1.165, 1.54) is 0 Å². The Morgan fingerprint density at radius 2 is 1.24 bits per heavy atom. The van der Waals surface area contributed by atoms with Crippen molar-refractivity contribution in [2.24, 2.45) is 0 Å². The Hall–Kier alpha value is -4.26. The zero-order chi connectivity index (χ0) is 32.5. The van der Waals surface area contributed by atoms with Gasteiger partial charge in [0.15, 0.2) is 14.3 Å². The van der Waals surface area contributed by atoms with E-state index in [0.717, 1.165) is 25.5 Å². The summed E-state index contributed by atoms with van der Waals surface area (Å²) < 4.78 is 32.7. The third-order valence-electron chi connectivity index (χ3n) is 7.43. The third kappa shape index (κ3) is 6.58. The van der Waals surface area contributed by atoms with Gasteiger partial charge in [0.05, 0.1) is 0 Å². The van der Waals surface area contributed by atoms with Crippen molar-refractivity contribution >= 4 is 61.7 Å². The Bertz CT molecular complexity index is 2050. The van der Waals surface area contributed by atoms with Crippen LogP contribution in [0.5, 0.6) is 0 Å². The summed E-state index contributed by atoms with van der Waals surface area (Å²) in [6.45, 7) is 19.4. The summed E-state index contributed by atoms with van der Waals surface area (Å²) in [5, 5.41) is 6.05. The Kier molecular flexibility index (Phi) is 11.3. The third-order valence-corrected chi connectivity index (χ3v) is 14.8. The molecule has 0 bridgehead atoms. The lowest BCUT2D eigenvalue weighted by Crippen LogP contribution is -2.17. The van der Waals surface area contributed by atoms with Gasteiger partial charge in [-0.05, 0) is 50.2 Å². The van der Waals surface area contributed by atoms with Gasteiger partial charge in [0.25, 0.3) is 0 Å². The van der Waals surface area contributed by atoms with Crippen LogP contribution in [-0.4, -0.2) is 0 Å². The van der Waals surface area contributed by atoms with E-state index in [9.17, 15) is 0 Å². The minimum absolute atomic E-state index is 0.642. The lowest BCUT2D eigenvalue weighted by Gasteiger charge is -2.22. The Morgan fingerprint density at radius 3 is 1.80 bits per heavy atom. The van der Waals surface area contributed by atoms with Crippen LogP contribution in [-0.2, 0) is 9.13 Å². The molecule has 0 radical (unpaired) electrons. The van der Waals surface area contributed by atoms with Crippen molar-refractivity contribution in [1.29, 1.82) is 0 Å². The van der Waals surface area contributed by atoms with E-state index in [-0.39, 0.29) is 0 Å². The smallest absolute Gasteiger partial charge is 0.171 e. The molecule has 2 unspecified atom stereocenters. The first-order valence-electron chi connectivity index (χ1n) is 14.6. The molecule has 226 valence electrons. The quantitative estimate of drug-likeness (QED) is 0.107. The summed E-state index contributed by atoms with van der Waals surface area (Å²) in [7, 11) is -6.61. The summed E-state index contributed by atoms with van der Waals surface area (Å²) in [6, 6.07) is 21.6. The van der Waals surface area contributed by atoms with Gasteiger partial charge in [-0.1, -0.05) is 136 Å². The number of allylic oxidation sites excluding steroid dienone is 16. The molecule has 0 spiro atoms. The molecule has 1 aromatic heterocycles. The Balaban J connectivity index is 2.06. The highest BCUT2D eigenvalue weighted by Crippen LogP contribution is 2.61. The van der Waals surface area contributed by atoms with E-state index in [2.05, 4.69) is 26.3 Å². The summed E-state index contributed by atoms with van der Waals surface area (Å²) in [5.41, 5.74) is 0. The first-order chi connectivity index (χ1) is 21.8. The van der Waals surface area contributed by atoms with Crippen LogP contribution in [0.1, 0.15) is 13.8 Å². The predicted octanol–water partition coefficient (Wildman–Crippen LogP) is 11.5. The van der Waals surface area contributed by atoms with Crippen molar-refractivity contribution in [3.63, 3.8) is 0 Å². The molecule has 5 heteroatoms. The van der Waals surface area contributed by atoms with Crippen molar-refractivity contribution < 1.29 is 9.13 Å². The van der Waals surface area contributed by atoms with Gasteiger partial charge in [-0.3, -0.25) is 0 Å². The number of rotatable bonds is 13. The van der Waals surface area contributed by atoms with Crippen molar-refractivity contribution in [3.8, 4) is 0 Å². The van der Waals surface area contributed by atoms with E-state index in [4.69, 9.17) is 0 Å². The molecule has 0 aliphatic heterocycles. The maximum Gasteiger partial charge on any atom is 0.171 e. The van der Waals surface area contributed by atoms with E-state index in [1.54, 1.807) is 53.9 Å².